The molecule has 38 heavy (non-hydrogen) atoms. The van der Waals surface area contributed by atoms with Gasteiger partial charge in [0, 0.05) is 25.5 Å². The lowest BCUT2D eigenvalue weighted by Crippen LogP contribution is -2.53. The molecule has 1 heterocycles. The van der Waals surface area contributed by atoms with Crippen molar-refractivity contribution in [1.29, 1.82) is 0 Å². The smallest absolute Gasteiger partial charge is 0.410 e. The fourth-order valence-corrected chi connectivity index (χ4v) is 5.09. The number of hydrogen-bond donors (Lipinski definition) is 0. The summed E-state index contributed by atoms with van der Waals surface area (Å²) in [7, 11) is 3.03. The van der Waals surface area contributed by atoms with E-state index >= 15 is 0 Å². The van der Waals surface area contributed by atoms with E-state index in [2.05, 4.69) is 30.3 Å². The van der Waals surface area contributed by atoms with Gasteiger partial charge in [-0.15, -0.1) is 0 Å². The molecular formula is C31H37NO6. The molecule has 3 unspecified atom stereocenters. The van der Waals surface area contributed by atoms with E-state index in [0.717, 1.165) is 16.5 Å². The lowest BCUT2D eigenvalue weighted by Gasteiger charge is -2.44. The van der Waals surface area contributed by atoms with Crippen molar-refractivity contribution in [1.82, 2.24) is 4.90 Å². The Kier molecular flexibility index (Phi) is 8.69. The van der Waals surface area contributed by atoms with Crippen LogP contribution < -0.4 is 0 Å². The topological polar surface area (TPSA) is 74.3 Å². The molecule has 4 rings (SSSR count). The van der Waals surface area contributed by atoms with Gasteiger partial charge in [-0.3, -0.25) is 0 Å². The largest absolute Gasteiger partial charge is 0.465 e. The Balaban J connectivity index is 1.63. The number of hydrogen-bond acceptors (Lipinski definition) is 6. The van der Waals surface area contributed by atoms with Crippen molar-refractivity contribution in [3.63, 3.8) is 0 Å². The van der Waals surface area contributed by atoms with E-state index in [1.807, 2.05) is 45.0 Å². The summed E-state index contributed by atoms with van der Waals surface area (Å²) in [5.41, 5.74) is 1.96. The third kappa shape index (κ3) is 6.71. The van der Waals surface area contributed by atoms with Crippen LogP contribution in [-0.2, 0) is 25.6 Å². The monoisotopic (exact) mass is 519 g/mol. The quantitative estimate of drug-likeness (QED) is 0.367. The predicted octanol–water partition coefficient (Wildman–Crippen LogP) is 5.81. The second kappa shape index (κ2) is 12.0. The fourth-order valence-electron chi connectivity index (χ4n) is 5.09. The van der Waals surface area contributed by atoms with Crippen molar-refractivity contribution in [3.05, 3.63) is 83.4 Å². The molecule has 0 N–H and O–H groups in total. The van der Waals surface area contributed by atoms with Crippen molar-refractivity contribution < 1.29 is 28.5 Å². The SMILES string of the molecule is COCC1CN(C(=O)OC(C)(C)C)CC(OCc2ccc3ccccc3c2)C1c1ccc(C(=O)OC)cc1. The van der Waals surface area contributed by atoms with Gasteiger partial charge in [0.05, 0.1) is 38.5 Å². The number of rotatable bonds is 7. The highest BCUT2D eigenvalue weighted by molar-refractivity contribution is 5.89. The number of carbonyl (C=O) groups excluding carboxylic acids is 2. The minimum atomic E-state index is -0.601. The maximum absolute atomic E-state index is 13.1. The highest BCUT2D eigenvalue weighted by Crippen LogP contribution is 2.37. The summed E-state index contributed by atoms with van der Waals surface area (Å²) in [5, 5.41) is 2.33. The number of fused-ring (bicyclic) bond motifs is 1. The van der Waals surface area contributed by atoms with Gasteiger partial charge in [0.25, 0.3) is 0 Å². The first-order valence-electron chi connectivity index (χ1n) is 12.9. The molecule has 0 aromatic heterocycles. The maximum atomic E-state index is 13.1. The molecule has 0 spiro atoms. The molecule has 0 aliphatic carbocycles. The summed E-state index contributed by atoms with van der Waals surface area (Å²) in [6.45, 7) is 7.28. The van der Waals surface area contributed by atoms with Crippen molar-refractivity contribution >= 4 is 22.8 Å². The molecule has 3 aromatic rings. The van der Waals surface area contributed by atoms with Crippen molar-refractivity contribution in [2.24, 2.45) is 5.92 Å². The molecule has 3 atom stereocenters. The fraction of sp³-hybridized carbons (Fsp3) is 0.419. The summed E-state index contributed by atoms with van der Waals surface area (Å²) in [6.07, 6.45) is -0.677. The van der Waals surface area contributed by atoms with Crippen LogP contribution in [0, 0.1) is 5.92 Å². The zero-order valence-electron chi connectivity index (χ0n) is 22.8. The van der Waals surface area contributed by atoms with Crippen molar-refractivity contribution in [3.8, 4) is 0 Å². The minimum absolute atomic E-state index is 0.0353. The van der Waals surface area contributed by atoms with Gasteiger partial charge in [-0.25, -0.2) is 9.59 Å². The number of amides is 1. The van der Waals surface area contributed by atoms with E-state index in [1.54, 1.807) is 24.1 Å². The van der Waals surface area contributed by atoms with E-state index < -0.39 is 5.60 Å². The van der Waals surface area contributed by atoms with Crippen LogP contribution in [0.15, 0.2) is 66.7 Å². The first kappa shape index (κ1) is 27.6. The van der Waals surface area contributed by atoms with E-state index in [1.165, 1.54) is 12.5 Å². The van der Waals surface area contributed by atoms with Crippen LogP contribution in [0.4, 0.5) is 4.79 Å². The standard InChI is InChI=1S/C31H37NO6/c1-31(2,3)38-30(34)32-17-26(20-35-4)28(23-12-14-24(15-13-23)29(33)36-5)27(18-32)37-19-21-10-11-22-8-6-7-9-25(22)16-21/h6-16,26-28H,17-20H2,1-5H3. The third-order valence-electron chi connectivity index (χ3n) is 6.79. The average Bonchev–Trinajstić information content (AvgIpc) is 2.90. The lowest BCUT2D eigenvalue weighted by molar-refractivity contribution is -0.0629. The molecule has 1 aliphatic heterocycles. The summed E-state index contributed by atoms with van der Waals surface area (Å²) in [6, 6.07) is 21.9. The van der Waals surface area contributed by atoms with Gasteiger partial charge < -0.3 is 23.8 Å². The lowest BCUT2D eigenvalue weighted by atomic mass is 9.78. The Morgan fingerprint density at radius 2 is 1.63 bits per heavy atom. The van der Waals surface area contributed by atoms with Crippen molar-refractivity contribution in [2.75, 3.05) is 33.9 Å². The Morgan fingerprint density at radius 3 is 2.29 bits per heavy atom. The molecular weight excluding hydrogens is 482 g/mol. The predicted molar refractivity (Wildman–Crippen MR) is 146 cm³/mol. The number of nitrogens with zero attached hydrogens (tertiary/aromatic N) is 1. The van der Waals surface area contributed by atoms with Gasteiger partial charge in [-0.2, -0.15) is 0 Å². The highest BCUT2D eigenvalue weighted by atomic mass is 16.6. The van der Waals surface area contributed by atoms with Crippen LogP contribution in [0.5, 0.6) is 0 Å². The number of carbonyl (C=O) groups is 2. The average molecular weight is 520 g/mol. The first-order valence-corrected chi connectivity index (χ1v) is 12.9. The highest BCUT2D eigenvalue weighted by Gasteiger charge is 2.41. The molecule has 0 saturated carbocycles. The zero-order valence-corrected chi connectivity index (χ0v) is 22.8. The normalized spacial score (nSPS) is 19.8. The molecule has 1 fully saturated rings. The Morgan fingerprint density at radius 1 is 0.921 bits per heavy atom. The summed E-state index contributed by atoms with van der Waals surface area (Å²) < 4.78 is 22.7. The molecule has 1 amide bonds. The van der Waals surface area contributed by atoms with E-state index in [0.29, 0.717) is 31.9 Å². The molecule has 1 aliphatic rings. The Hall–Kier alpha value is -3.42. The molecule has 0 bridgehead atoms. The zero-order chi connectivity index (χ0) is 27.3. The number of methoxy groups -OCH3 is 2. The van der Waals surface area contributed by atoms with Gasteiger partial charge in [-0.1, -0.05) is 48.5 Å². The summed E-state index contributed by atoms with van der Waals surface area (Å²) in [4.78, 5) is 26.8. The van der Waals surface area contributed by atoms with Gasteiger partial charge >= 0.3 is 12.1 Å². The van der Waals surface area contributed by atoms with Crippen molar-refractivity contribution in [2.45, 2.75) is 45.0 Å². The van der Waals surface area contributed by atoms with E-state index in [9.17, 15) is 9.59 Å². The third-order valence-corrected chi connectivity index (χ3v) is 6.79. The van der Waals surface area contributed by atoms with E-state index in [-0.39, 0.29) is 30.0 Å². The van der Waals surface area contributed by atoms with Gasteiger partial charge in [-0.05, 0) is 60.9 Å². The van der Waals surface area contributed by atoms with Gasteiger partial charge in [0.2, 0.25) is 0 Å². The molecule has 7 heteroatoms. The minimum Gasteiger partial charge on any atom is -0.465 e. The maximum Gasteiger partial charge on any atom is 0.410 e. The first-order chi connectivity index (χ1) is 18.2. The molecule has 7 nitrogen and oxygen atoms in total. The van der Waals surface area contributed by atoms with Crippen LogP contribution in [0.3, 0.4) is 0 Å². The molecule has 0 radical (unpaired) electrons. The summed E-state index contributed by atoms with van der Waals surface area (Å²) in [5.74, 6) is -0.471. The van der Waals surface area contributed by atoms with E-state index in [4.69, 9.17) is 18.9 Å². The van der Waals surface area contributed by atoms with Gasteiger partial charge in [0.1, 0.15) is 5.60 Å². The number of likely N-dealkylation sites (tertiary alicyclic amines) is 1. The summed E-state index contributed by atoms with van der Waals surface area (Å²) >= 11 is 0. The number of esters is 1. The second-order valence-electron chi connectivity index (χ2n) is 10.8. The molecule has 1 saturated heterocycles. The van der Waals surface area contributed by atoms with Crippen LogP contribution >= 0.6 is 0 Å². The molecule has 202 valence electrons. The molecule has 3 aromatic carbocycles. The number of benzene rings is 3. The van der Waals surface area contributed by atoms with Crippen LogP contribution in [0.25, 0.3) is 10.8 Å². The van der Waals surface area contributed by atoms with Crippen LogP contribution in [-0.4, -0.2) is 62.6 Å². The van der Waals surface area contributed by atoms with Gasteiger partial charge in [0.15, 0.2) is 0 Å². The van der Waals surface area contributed by atoms with Crippen LogP contribution in [0.2, 0.25) is 0 Å². The van der Waals surface area contributed by atoms with Crippen LogP contribution in [0.1, 0.15) is 48.2 Å². The second-order valence-corrected chi connectivity index (χ2v) is 10.8. The number of piperidine rings is 1. The Labute approximate surface area is 224 Å². The number of ether oxygens (including phenoxy) is 4. The Bertz CT molecular complexity index is 1250.